The number of aromatic nitrogens is 2. The molecule has 0 unspecified atom stereocenters. The maximum Gasteiger partial charge on any atom is 0.257 e. The number of benzene rings is 1. The fraction of sp³-hybridized carbons (Fsp3) is 0.556. The summed E-state index contributed by atoms with van der Waals surface area (Å²) in [7, 11) is 0. The van der Waals surface area contributed by atoms with Crippen LogP contribution >= 0.6 is 0 Å². The zero-order valence-electron chi connectivity index (χ0n) is 19.7. The van der Waals surface area contributed by atoms with Crippen LogP contribution in [0.5, 0.6) is 0 Å². The van der Waals surface area contributed by atoms with Crippen LogP contribution in [0.1, 0.15) is 81.9 Å². The van der Waals surface area contributed by atoms with E-state index in [1.165, 1.54) is 24.0 Å². The van der Waals surface area contributed by atoms with Gasteiger partial charge in [0.25, 0.3) is 11.8 Å². The number of carbonyl (C=O) groups excluding carboxylic acids is 2. The first kappa shape index (κ1) is 22.1. The first-order valence-corrected chi connectivity index (χ1v) is 12.6. The van der Waals surface area contributed by atoms with Crippen molar-refractivity contribution in [3.05, 3.63) is 58.2 Å². The number of amides is 2. The fourth-order valence-corrected chi connectivity index (χ4v) is 5.60. The number of nitrogens with zero attached hydrogens (tertiary/aromatic N) is 4. The van der Waals surface area contributed by atoms with Crippen molar-refractivity contribution in [3.8, 4) is 0 Å². The molecular formula is C27H34N4O2. The van der Waals surface area contributed by atoms with E-state index < -0.39 is 0 Å². The fourth-order valence-electron chi connectivity index (χ4n) is 5.60. The van der Waals surface area contributed by atoms with E-state index in [0.717, 1.165) is 82.4 Å². The number of fused-ring (bicyclic) bond motifs is 1. The Morgan fingerprint density at radius 3 is 2.36 bits per heavy atom. The van der Waals surface area contributed by atoms with Crippen LogP contribution < -0.4 is 0 Å². The number of piperidine rings is 1. The molecule has 0 N–H and O–H groups in total. The maximum absolute atomic E-state index is 13.1. The molecule has 0 spiro atoms. The van der Waals surface area contributed by atoms with E-state index in [-0.39, 0.29) is 11.8 Å². The van der Waals surface area contributed by atoms with Crippen molar-refractivity contribution >= 4 is 11.8 Å². The lowest BCUT2D eigenvalue weighted by molar-refractivity contribution is 0.0690. The monoisotopic (exact) mass is 446 g/mol. The Morgan fingerprint density at radius 1 is 0.909 bits per heavy atom. The molecule has 2 aliphatic heterocycles. The topological polar surface area (TPSA) is 66.4 Å². The van der Waals surface area contributed by atoms with E-state index in [4.69, 9.17) is 0 Å². The van der Waals surface area contributed by atoms with Gasteiger partial charge in [-0.3, -0.25) is 9.59 Å². The molecule has 5 rings (SSSR count). The van der Waals surface area contributed by atoms with Crippen molar-refractivity contribution in [3.63, 3.8) is 0 Å². The molecule has 6 heteroatoms. The lowest BCUT2D eigenvalue weighted by Crippen LogP contribution is -2.39. The molecule has 0 atom stereocenters. The van der Waals surface area contributed by atoms with E-state index in [1.54, 1.807) is 6.20 Å². The highest BCUT2D eigenvalue weighted by atomic mass is 16.2. The lowest BCUT2D eigenvalue weighted by atomic mass is 9.89. The van der Waals surface area contributed by atoms with E-state index >= 15 is 0 Å². The summed E-state index contributed by atoms with van der Waals surface area (Å²) in [6.07, 6.45) is 11.2. The third-order valence-electron chi connectivity index (χ3n) is 7.59. The molecule has 1 aromatic heterocycles. The predicted molar refractivity (Wildman–Crippen MR) is 127 cm³/mol. The van der Waals surface area contributed by atoms with Gasteiger partial charge in [-0.05, 0) is 93.9 Å². The highest BCUT2D eigenvalue weighted by molar-refractivity contribution is 5.95. The summed E-state index contributed by atoms with van der Waals surface area (Å²) >= 11 is 0. The Hall–Kier alpha value is -2.76. The third-order valence-corrected chi connectivity index (χ3v) is 7.59. The molecule has 174 valence electrons. The first-order valence-electron chi connectivity index (χ1n) is 12.6. The van der Waals surface area contributed by atoms with Gasteiger partial charge in [-0.15, -0.1) is 0 Å². The van der Waals surface area contributed by atoms with Crippen LogP contribution in [-0.4, -0.2) is 57.8 Å². The standard InChI is InChI=1S/C27H34N4O2/c1-19-28-18-24(27(33)30-12-4-5-13-30)25(29-19)16-20-10-14-31(15-11-20)26(32)23-9-8-21-6-2-3-7-22(21)17-23/h8-9,17-18,20H,2-7,10-16H2,1H3. The second kappa shape index (κ2) is 9.62. The molecular weight excluding hydrogens is 412 g/mol. The van der Waals surface area contributed by atoms with Crippen LogP contribution in [-0.2, 0) is 19.3 Å². The van der Waals surface area contributed by atoms with Gasteiger partial charge in [0.05, 0.1) is 11.3 Å². The molecule has 33 heavy (non-hydrogen) atoms. The second-order valence-electron chi connectivity index (χ2n) is 9.91. The summed E-state index contributed by atoms with van der Waals surface area (Å²) in [6.45, 7) is 5.07. The van der Waals surface area contributed by atoms with Crippen LogP contribution in [0.25, 0.3) is 0 Å². The quantitative estimate of drug-likeness (QED) is 0.712. The summed E-state index contributed by atoms with van der Waals surface area (Å²) in [6, 6.07) is 6.30. The molecule has 3 heterocycles. The van der Waals surface area contributed by atoms with Crippen molar-refractivity contribution in [1.82, 2.24) is 19.8 Å². The van der Waals surface area contributed by atoms with Crippen molar-refractivity contribution in [2.24, 2.45) is 5.92 Å². The minimum absolute atomic E-state index is 0.0718. The van der Waals surface area contributed by atoms with Gasteiger partial charge in [0.1, 0.15) is 5.82 Å². The number of hydrogen-bond donors (Lipinski definition) is 0. The number of aryl methyl sites for hydroxylation is 3. The molecule has 0 bridgehead atoms. The van der Waals surface area contributed by atoms with Gasteiger partial charge in [-0.25, -0.2) is 9.97 Å². The van der Waals surface area contributed by atoms with Gasteiger partial charge in [0.2, 0.25) is 0 Å². The van der Waals surface area contributed by atoms with E-state index in [9.17, 15) is 9.59 Å². The number of hydrogen-bond acceptors (Lipinski definition) is 4. The zero-order valence-corrected chi connectivity index (χ0v) is 19.7. The summed E-state index contributed by atoms with van der Waals surface area (Å²) in [5, 5.41) is 0. The number of likely N-dealkylation sites (tertiary alicyclic amines) is 2. The SMILES string of the molecule is Cc1ncc(C(=O)N2CCCC2)c(CC2CCN(C(=O)c3ccc4c(c3)CCCC4)CC2)n1. The summed E-state index contributed by atoms with van der Waals surface area (Å²) in [5.74, 6) is 1.37. The lowest BCUT2D eigenvalue weighted by Gasteiger charge is -2.32. The van der Waals surface area contributed by atoms with Crippen molar-refractivity contribution < 1.29 is 9.59 Å². The average Bonchev–Trinajstić information content (AvgIpc) is 3.39. The predicted octanol–water partition coefficient (Wildman–Crippen LogP) is 3.99. The Balaban J connectivity index is 1.22. The Kier molecular flexibility index (Phi) is 6.43. The molecule has 2 aromatic rings. The average molecular weight is 447 g/mol. The molecule has 1 aromatic carbocycles. The van der Waals surface area contributed by atoms with Crippen LogP contribution in [0.2, 0.25) is 0 Å². The van der Waals surface area contributed by atoms with Crippen molar-refractivity contribution in [1.29, 1.82) is 0 Å². The molecule has 2 fully saturated rings. The molecule has 3 aliphatic rings. The van der Waals surface area contributed by atoms with E-state index in [1.807, 2.05) is 22.8 Å². The van der Waals surface area contributed by atoms with Gasteiger partial charge < -0.3 is 9.80 Å². The summed E-state index contributed by atoms with van der Waals surface area (Å²) in [5.41, 5.74) is 5.14. The van der Waals surface area contributed by atoms with Crippen LogP contribution in [0, 0.1) is 12.8 Å². The number of rotatable bonds is 4. The molecule has 0 saturated carbocycles. The summed E-state index contributed by atoms with van der Waals surface area (Å²) < 4.78 is 0. The Bertz CT molecular complexity index is 1040. The van der Waals surface area contributed by atoms with Gasteiger partial charge >= 0.3 is 0 Å². The highest BCUT2D eigenvalue weighted by Gasteiger charge is 2.28. The maximum atomic E-state index is 13.1. The van der Waals surface area contributed by atoms with Gasteiger partial charge in [-0.1, -0.05) is 6.07 Å². The second-order valence-corrected chi connectivity index (χ2v) is 9.91. The zero-order chi connectivity index (χ0) is 22.8. The van der Waals surface area contributed by atoms with E-state index in [0.29, 0.717) is 17.3 Å². The van der Waals surface area contributed by atoms with Crippen LogP contribution in [0.3, 0.4) is 0 Å². The minimum atomic E-state index is 0.0718. The molecule has 1 aliphatic carbocycles. The van der Waals surface area contributed by atoms with Gasteiger partial charge in [0.15, 0.2) is 0 Å². The number of carbonyl (C=O) groups is 2. The molecule has 0 radical (unpaired) electrons. The molecule has 2 amide bonds. The largest absolute Gasteiger partial charge is 0.339 e. The minimum Gasteiger partial charge on any atom is -0.339 e. The highest BCUT2D eigenvalue weighted by Crippen LogP contribution is 2.27. The van der Waals surface area contributed by atoms with Crippen LogP contribution in [0.4, 0.5) is 0 Å². The molecule has 6 nitrogen and oxygen atoms in total. The van der Waals surface area contributed by atoms with Gasteiger partial charge in [0, 0.05) is 37.9 Å². The van der Waals surface area contributed by atoms with Crippen molar-refractivity contribution in [2.45, 2.75) is 64.7 Å². The van der Waals surface area contributed by atoms with Gasteiger partial charge in [-0.2, -0.15) is 0 Å². The Morgan fingerprint density at radius 2 is 1.61 bits per heavy atom. The summed E-state index contributed by atoms with van der Waals surface area (Å²) in [4.78, 5) is 39.1. The third kappa shape index (κ3) is 4.80. The smallest absolute Gasteiger partial charge is 0.257 e. The Labute approximate surface area is 196 Å². The van der Waals surface area contributed by atoms with Crippen LogP contribution in [0.15, 0.2) is 24.4 Å². The van der Waals surface area contributed by atoms with E-state index in [2.05, 4.69) is 22.1 Å². The van der Waals surface area contributed by atoms with Crippen molar-refractivity contribution in [2.75, 3.05) is 26.2 Å². The molecule has 2 saturated heterocycles. The first-order chi connectivity index (χ1) is 16.1. The normalized spacial score (nSPS) is 18.9.